The lowest BCUT2D eigenvalue weighted by Gasteiger charge is -2.60. The van der Waals surface area contributed by atoms with Crippen molar-refractivity contribution in [3.05, 3.63) is 83.9 Å². The van der Waals surface area contributed by atoms with E-state index in [0.29, 0.717) is 17.6 Å². The van der Waals surface area contributed by atoms with E-state index < -0.39 is 5.60 Å². The van der Waals surface area contributed by atoms with Crippen LogP contribution in [0.15, 0.2) is 77.8 Å². The largest absolute Gasteiger partial charge is 0.427 e. The van der Waals surface area contributed by atoms with Gasteiger partial charge in [-0.25, -0.2) is 0 Å². The van der Waals surface area contributed by atoms with Crippen molar-refractivity contribution in [3.63, 3.8) is 0 Å². The molecule has 0 spiro atoms. The number of aliphatic hydroxyl groups is 1. The number of rotatable bonds is 5. The van der Waals surface area contributed by atoms with Crippen molar-refractivity contribution in [3.8, 4) is 16.9 Å². The van der Waals surface area contributed by atoms with Gasteiger partial charge in [-0.2, -0.15) is 0 Å². The number of carbonyl (C=O) groups excluding carboxylic acids is 1. The first-order chi connectivity index (χ1) is 16.9. The molecule has 2 unspecified atom stereocenters. The fourth-order valence-electron chi connectivity index (χ4n) is 7.25. The molecule has 4 aliphatic rings. The van der Waals surface area contributed by atoms with E-state index in [1.165, 1.54) is 31.7 Å². The Morgan fingerprint density at radius 3 is 2.06 bits per heavy atom. The molecule has 4 heteroatoms. The molecule has 3 aromatic carbocycles. The Morgan fingerprint density at radius 1 is 0.886 bits per heavy atom. The molecule has 0 amide bonds. The predicted molar refractivity (Wildman–Crippen MR) is 138 cm³/mol. The van der Waals surface area contributed by atoms with Crippen molar-refractivity contribution in [2.45, 2.75) is 56.5 Å². The Morgan fingerprint density at radius 2 is 1.49 bits per heavy atom. The van der Waals surface area contributed by atoms with Gasteiger partial charge in [-0.1, -0.05) is 48.5 Å². The molecule has 2 atom stereocenters. The molecule has 4 aliphatic carbocycles. The highest BCUT2D eigenvalue weighted by Crippen LogP contribution is 2.62. The summed E-state index contributed by atoms with van der Waals surface area (Å²) in [6, 6.07) is 24.5. The topological polar surface area (TPSA) is 58.9 Å². The van der Waals surface area contributed by atoms with Crippen LogP contribution in [0.5, 0.6) is 5.75 Å². The molecule has 4 nitrogen and oxygen atoms in total. The SMILES string of the molecule is CC(=O)Oc1ccc(-c2ccc(C=Nc3ccc(C45CC6CC(CC(O)(C6)C4)C5)cc3)cc2)cc1. The third kappa shape index (κ3) is 4.43. The van der Waals surface area contributed by atoms with Crippen molar-refractivity contribution in [1.29, 1.82) is 0 Å². The average Bonchev–Trinajstić information content (AvgIpc) is 2.82. The molecule has 4 saturated carbocycles. The Labute approximate surface area is 206 Å². The van der Waals surface area contributed by atoms with Crippen molar-refractivity contribution >= 4 is 17.9 Å². The zero-order chi connectivity index (χ0) is 24.0. The number of carbonyl (C=O) groups is 1. The number of aliphatic imine (C=N–C) groups is 1. The highest BCUT2D eigenvalue weighted by Gasteiger charge is 2.57. The van der Waals surface area contributed by atoms with E-state index in [9.17, 15) is 9.90 Å². The molecule has 4 bridgehead atoms. The summed E-state index contributed by atoms with van der Waals surface area (Å²) in [4.78, 5) is 15.8. The lowest BCUT2D eigenvalue weighted by atomic mass is 9.46. The number of ether oxygens (including phenoxy) is 1. The first-order valence-corrected chi connectivity index (χ1v) is 12.6. The monoisotopic (exact) mass is 465 g/mol. The van der Waals surface area contributed by atoms with Crippen molar-refractivity contribution in [2.24, 2.45) is 16.8 Å². The van der Waals surface area contributed by atoms with Gasteiger partial charge in [0, 0.05) is 13.1 Å². The second kappa shape index (κ2) is 8.46. The zero-order valence-electron chi connectivity index (χ0n) is 20.1. The molecule has 0 radical (unpaired) electrons. The van der Waals surface area contributed by atoms with Crippen LogP contribution >= 0.6 is 0 Å². The molecule has 0 aliphatic heterocycles. The van der Waals surface area contributed by atoms with E-state index in [4.69, 9.17) is 9.73 Å². The molecule has 7 rings (SSSR count). The smallest absolute Gasteiger partial charge is 0.308 e. The van der Waals surface area contributed by atoms with E-state index in [1.807, 2.05) is 18.3 Å². The Hall–Kier alpha value is -3.24. The summed E-state index contributed by atoms with van der Waals surface area (Å²) < 4.78 is 5.10. The normalized spacial score (nSPS) is 29.0. The van der Waals surface area contributed by atoms with Crippen LogP contribution in [0.1, 0.15) is 56.6 Å². The molecule has 0 heterocycles. The van der Waals surface area contributed by atoms with Gasteiger partial charge in [-0.15, -0.1) is 0 Å². The first-order valence-electron chi connectivity index (χ1n) is 12.6. The molecular weight excluding hydrogens is 434 g/mol. The van der Waals surface area contributed by atoms with Gasteiger partial charge in [0.25, 0.3) is 0 Å². The molecule has 0 saturated heterocycles. The second-order valence-electron chi connectivity index (χ2n) is 11.0. The van der Waals surface area contributed by atoms with Crippen LogP contribution in [0.3, 0.4) is 0 Å². The number of hydrogen-bond donors (Lipinski definition) is 1. The quantitative estimate of drug-likeness (QED) is 0.262. The number of benzene rings is 3. The third-order valence-electron chi connectivity index (χ3n) is 8.23. The number of hydrogen-bond acceptors (Lipinski definition) is 4. The average molecular weight is 466 g/mol. The van der Waals surface area contributed by atoms with Crippen LogP contribution in [0.25, 0.3) is 11.1 Å². The Balaban J connectivity index is 1.13. The van der Waals surface area contributed by atoms with Crippen LogP contribution in [0, 0.1) is 11.8 Å². The maximum Gasteiger partial charge on any atom is 0.308 e. The van der Waals surface area contributed by atoms with E-state index in [1.54, 1.807) is 12.1 Å². The maximum absolute atomic E-state index is 11.1. The summed E-state index contributed by atoms with van der Waals surface area (Å²) >= 11 is 0. The summed E-state index contributed by atoms with van der Waals surface area (Å²) in [5.74, 6) is 1.61. The van der Waals surface area contributed by atoms with E-state index >= 15 is 0 Å². The van der Waals surface area contributed by atoms with Gasteiger partial charge in [-0.3, -0.25) is 9.79 Å². The second-order valence-corrected chi connectivity index (χ2v) is 11.0. The van der Waals surface area contributed by atoms with Crippen molar-refractivity contribution in [1.82, 2.24) is 0 Å². The predicted octanol–water partition coefficient (Wildman–Crippen LogP) is 6.61. The van der Waals surface area contributed by atoms with Gasteiger partial charge in [-0.05, 0) is 102 Å². The standard InChI is InChI=1S/C31H31NO3/c1-21(33)35-29-12-6-26(7-13-29)25-4-2-22(3-5-25)19-32-28-10-8-27(9-11-28)30-15-23-14-24(16-30)18-31(34,17-23)20-30/h2-13,19,23-24,34H,14-18,20H2,1H3. The van der Waals surface area contributed by atoms with Gasteiger partial charge < -0.3 is 9.84 Å². The van der Waals surface area contributed by atoms with Gasteiger partial charge in [0.05, 0.1) is 11.3 Å². The Kier molecular flexibility index (Phi) is 5.37. The van der Waals surface area contributed by atoms with Gasteiger partial charge in [0.15, 0.2) is 0 Å². The molecular formula is C31H31NO3. The number of esters is 1. The summed E-state index contributed by atoms with van der Waals surface area (Å²) in [5, 5.41) is 11.1. The molecule has 3 aromatic rings. The molecule has 0 aromatic heterocycles. The lowest BCUT2D eigenvalue weighted by molar-refractivity contribution is -0.137. The van der Waals surface area contributed by atoms with E-state index in [-0.39, 0.29) is 11.4 Å². The minimum Gasteiger partial charge on any atom is -0.427 e. The fourth-order valence-corrected chi connectivity index (χ4v) is 7.25. The lowest BCUT2D eigenvalue weighted by Crippen LogP contribution is -2.57. The summed E-state index contributed by atoms with van der Waals surface area (Å²) in [5.41, 5.74) is 5.26. The maximum atomic E-state index is 11.1. The number of nitrogens with zero attached hydrogens (tertiary/aromatic N) is 1. The Bertz CT molecular complexity index is 1240. The van der Waals surface area contributed by atoms with Crippen LogP contribution in [-0.2, 0) is 10.2 Å². The minimum absolute atomic E-state index is 0.160. The minimum atomic E-state index is -0.433. The highest BCUT2D eigenvalue weighted by atomic mass is 16.5. The van der Waals surface area contributed by atoms with Crippen LogP contribution in [-0.4, -0.2) is 22.9 Å². The van der Waals surface area contributed by atoms with Crippen LogP contribution in [0.2, 0.25) is 0 Å². The van der Waals surface area contributed by atoms with Crippen molar-refractivity contribution in [2.75, 3.05) is 0 Å². The molecule has 35 heavy (non-hydrogen) atoms. The van der Waals surface area contributed by atoms with Gasteiger partial charge in [0.1, 0.15) is 5.75 Å². The van der Waals surface area contributed by atoms with Crippen LogP contribution < -0.4 is 4.74 Å². The fraction of sp³-hybridized carbons (Fsp3) is 0.355. The van der Waals surface area contributed by atoms with Crippen LogP contribution in [0.4, 0.5) is 5.69 Å². The molecule has 178 valence electrons. The van der Waals surface area contributed by atoms with E-state index in [0.717, 1.165) is 41.6 Å². The molecule has 4 fully saturated rings. The van der Waals surface area contributed by atoms with Crippen molar-refractivity contribution < 1.29 is 14.6 Å². The van der Waals surface area contributed by atoms with Gasteiger partial charge >= 0.3 is 5.97 Å². The highest BCUT2D eigenvalue weighted by molar-refractivity contribution is 5.83. The third-order valence-corrected chi connectivity index (χ3v) is 8.23. The zero-order valence-corrected chi connectivity index (χ0v) is 20.1. The summed E-state index contributed by atoms with van der Waals surface area (Å²) in [6.07, 6.45) is 8.60. The molecule has 1 N–H and O–H groups in total. The van der Waals surface area contributed by atoms with Gasteiger partial charge in [0.2, 0.25) is 0 Å². The summed E-state index contributed by atoms with van der Waals surface area (Å²) in [6.45, 7) is 1.40. The first kappa shape index (κ1) is 22.2. The van der Waals surface area contributed by atoms with E-state index in [2.05, 4.69) is 48.5 Å². The summed E-state index contributed by atoms with van der Waals surface area (Å²) in [7, 11) is 0.